The van der Waals surface area contributed by atoms with Gasteiger partial charge >= 0.3 is 0 Å². The van der Waals surface area contributed by atoms with Crippen LogP contribution in [-0.4, -0.2) is 4.98 Å². The number of nitrogen functional groups attached to an aromatic ring is 1. The van der Waals surface area contributed by atoms with Crippen LogP contribution in [0.1, 0.15) is 5.56 Å². The van der Waals surface area contributed by atoms with Gasteiger partial charge in [-0.1, -0.05) is 0 Å². The fourth-order valence-electron chi connectivity index (χ4n) is 1.54. The van der Waals surface area contributed by atoms with E-state index in [0.29, 0.717) is 5.69 Å². The van der Waals surface area contributed by atoms with Gasteiger partial charge in [0.05, 0.1) is 0 Å². The zero-order chi connectivity index (χ0) is 10.8. The molecule has 0 unspecified atom stereocenters. The Hall–Kier alpha value is -1.90. The number of rotatable bonds is 1. The molecule has 2 rings (SSSR count). The number of anilines is 1. The molecule has 0 fully saturated rings. The average Bonchev–Trinajstić information content (AvgIpc) is 2.23. The standard InChI is InChI=1S/C12H11FN2/c1-8-7-15-5-4-10(8)11-6-9(13)2-3-12(11)14/h2-7H,14H2,1H3. The lowest BCUT2D eigenvalue weighted by Crippen LogP contribution is -1.93. The first-order valence-electron chi connectivity index (χ1n) is 4.64. The maximum atomic E-state index is 13.1. The molecule has 0 spiro atoms. The van der Waals surface area contributed by atoms with Crippen LogP contribution >= 0.6 is 0 Å². The predicted octanol–water partition coefficient (Wildman–Crippen LogP) is 2.78. The molecule has 0 saturated carbocycles. The Morgan fingerprint density at radius 2 is 2.00 bits per heavy atom. The zero-order valence-electron chi connectivity index (χ0n) is 8.37. The Morgan fingerprint density at radius 3 is 2.73 bits per heavy atom. The van der Waals surface area contributed by atoms with Crippen LogP contribution < -0.4 is 5.73 Å². The highest BCUT2D eigenvalue weighted by Crippen LogP contribution is 2.28. The smallest absolute Gasteiger partial charge is 0.123 e. The van der Waals surface area contributed by atoms with Gasteiger partial charge < -0.3 is 5.73 Å². The molecular weight excluding hydrogens is 191 g/mol. The number of hydrogen-bond acceptors (Lipinski definition) is 2. The van der Waals surface area contributed by atoms with Gasteiger partial charge in [-0.25, -0.2) is 4.39 Å². The van der Waals surface area contributed by atoms with Crippen molar-refractivity contribution in [1.29, 1.82) is 0 Å². The van der Waals surface area contributed by atoms with Crippen LogP contribution in [0.15, 0.2) is 36.7 Å². The minimum atomic E-state index is -0.282. The normalized spacial score (nSPS) is 10.3. The Balaban J connectivity index is 2.64. The summed E-state index contributed by atoms with van der Waals surface area (Å²) in [6.07, 6.45) is 3.41. The highest BCUT2D eigenvalue weighted by atomic mass is 19.1. The molecule has 1 aromatic heterocycles. The number of benzene rings is 1. The van der Waals surface area contributed by atoms with Crippen LogP contribution in [0.25, 0.3) is 11.1 Å². The van der Waals surface area contributed by atoms with E-state index in [1.54, 1.807) is 18.5 Å². The van der Waals surface area contributed by atoms with Crippen LogP contribution in [0.2, 0.25) is 0 Å². The molecular formula is C12H11FN2. The van der Waals surface area contributed by atoms with E-state index in [1.165, 1.54) is 12.1 Å². The van der Waals surface area contributed by atoms with E-state index in [-0.39, 0.29) is 5.82 Å². The maximum Gasteiger partial charge on any atom is 0.123 e. The Bertz CT molecular complexity index is 495. The summed E-state index contributed by atoms with van der Waals surface area (Å²) >= 11 is 0. The predicted molar refractivity (Wildman–Crippen MR) is 58.8 cm³/mol. The second kappa shape index (κ2) is 3.69. The Labute approximate surface area is 87.6 Å². The van der Waals surface area contributed by atoms with Gasteiger partial charge in [-0.2, -0.15) is 0 Å². The number of aromatic nitrogens is 1. The molecule has 2 nitrogen and oxygen atoms in total. The third-order valence-corrected chi connectivity index (χ3v) is 2.33. The van der Waals surface area contributed by atoms with Crippen molar-refractivity contribution in [2.45, 2.75) is 6.92 Å². The number of nitrogens with zero attached hydrogens (tertiary/aromatic N) is 1. The van der Waals surface area contributed by atoms with Gasteiger partial charge in [0.15, 0.2) is 0 Å². The summed E-state index contributed by atoms with van der Waals surface area (Å²) in [6, 6.07) is 6.21. The van der Waals surface area contributed by atoms with E-state index in [0.717, 1.165) is 16.7 Å². The summed E-state index contributed by atoms with van der Waals surface area (Å²) < 4.78 is 13.1. The lowest BCUT2D eigenvalue weighted by atomic mass is 10.0. The second-order valence-corrected chi connectivity index (χ2v) is 3.42. The fraction of sp³-hybridized carbons (Fsp3) is 0.0833. The number of pyridine rings is 1. The molecule has 0 aliphatic rings. The summed E-state index contributed by atoms with van der Waals surface area (Å²) in [7, 11) is 0. The monoisotopic (exact) mass is 202 g/mol. The highest BCUT2D eigenvalue weighted by molar-refractivity contribution is 5.77. The van der Waals surface area contributed by atoms with Crippen molar-refractivity contribution >= 4 is 5.69 Å². The lowest BCUT2D eigenvalue weighted by Gasteiger charge is -2.08. The van der Waals surface area contributed by atoms with Gasteiger partial charge in [0, 0.05) is 23.6 Å². The Morgan fingerprint density at radius 1 is 1.20 bits per heavy atom. The van der Waals surface area contributed by atoms with Crippen LogP contribution in [0.5, 0.6) is 0 Å². The quantitative estimate of drug-likeness (QED) is 0.722. The van der Waals surface area contributed by atoms with E-state index in [9.17, 15) is 4.39 Å². The molecule has 1 aromatic carbocycles. The summed E-state index contributed by atoms with van der Waals surface area (Å²) in [5.74, 6) is -0.282. The third-order valence-electron chi connectivity index (χ3n) is 2.33. The summed E-state index contributed by atoms with van der Waals surface area (Å²) in [4.78, 5) is 3.99. The van der Waals surface area contributed by atoms with Gasteiger partial charge in [-0.15, -0.1) is 0 Å². The summed E-state index contributed by atoms with van der Waals surface area (Å²) in [5.41, 5.74) is 9.00. The van der Waals surface area contributed by atoms with E-state index < -0.39 is 0 Å². The molecule has 1 heterocycles. The number of nitrogens with two attached hydrogens (primary N) is 1. The average molecular weight is 202 g/mol. The molecule has 0 saturated heterocycles. The molecule has 76 valence electrons. The van der Waals surface area contributed by atoms with Gasteiger partial charge in [-0.05, 0) is 42.3 Å². The second-order valence-electron chi connectivity index (χ2n) is 3.42. The molecule has 0 aliphatic carbocycles. The largest absolute Gasteiger partial charge is 0.398 e. The van der Waals surface area contributed by atoms with Crippen molar-refractivity contribution in [3.05, 3.63) is 48.0 Å². The number of hydrogen-bond donors (Lipinski definition) is 1. The highest BCUT2D eigenvalue weighted by Gasteiger charge is 2.06. The van der Waals surface area contributed by atoms with Crippen LogP contribution in [0.3, 0.4) is 0 Å². The Kier molecular flexibility index (Phi) is 2.37. The molecule has 0 bridgehead atoms. The lowest BCUT2D eigenvalue weighted by molar-refractivity contribution is 0.628. The SMILES string of the molecule is Cc1cnccc1-c1cc(F)ccc1N. The summed E-state index contributed by atoms with van der Waals surface area (Å²) in [6.45, 7) is 1.92. The van der Waals surface area contributed by atoms with Crippen LogP contribution in [0, 0.1) is 12.7 Å². The van der Waals surface area contributed by atoms with Gasteiger partial charge in [0.25, 0.3) is 0 Å². The number of aryl methyl sites for hydroxylation is 1. The van der Waals surface area contributed by atoms with Gasteiger partial charge in [-0.3, -0.25) is 4.98 Å². The van der Waals surface area contributed by atoms with Crippen molar-refractivity contribution in [2.24, 2.45) is 0 Å². The maximum absolute atomic E-state index is 13.1. The van der Waals surface area contributed by atoms with Crippen molar-refractivity contribution in [2.75, 3.05) is 5.73 Å². The minimum Gasteiger partial charge on any atom is -0.398 e. The first-order chi connectivity index (χ1) is 7.18. The zero-order valence-corrected chi connectivity index (χ0v) is 8.37. The molecule has 0 aliphatic heterocycles. The molecule has 2 aromatic rings. The van der Waals surface area contributed by atoms with Crippen LogP contribution in [0.4, 0.5) is 10.1 Å². The first kappa shape index (κ1) is 9.65. The van der Waals surface area contributed by atoms with Gasteiger partial charge in [0.2, 0.25) is 0 Å². The van der Waals surface area contributed by atoms with E-state index in [1.807, 2.05) is 13.0 Å². The minimum absolute atomic E-state index is 0.282. The molecule has 0 radical (unpaired) electrons. The molecule has 15 heavy (non-hydrogen) atoms. The van der Waals surface area contributed by atoms with Crippen molar-refractivity contribution in [1.82, 2.24) is 4.98 Å². The topological polar surface area (TPSA) is 38.9 Å². The van der Waals surface area contributed by atoms with Crippen LogP contribution in [-0.2, 0) is 0 Å². The van der Waals surface area contributed by atoms with Crippen molar-refractivity contribution < 1.29 is 4.39 Å². The van der Waals surface area contributed by atoms with Gasteiger partial charge in [0.1, 0.15) is 5.82 Å². The first-order valence-corrected chi connectivity index (χ1v) is 4.64. The molecule has 0 amide bonds. The molecule has 3 heteroatoms. The van der Waals surface area contributed by atoms with Crippen molar-refractivity contribution in [3.63, 3.8) is 0 Å². The third kappa shape index (κ3) is 1.81. The number of halogens is 1. The van der Waals surface area contributed by atoms with E-state index in [2.05, 4.69) is 4.98 Å². The van der Waals surface area contributed by atoms with E-state index in [4.69, 9.17) is 5.73 Å². The molecule has 2 N–H and O–H groups in total. The molecule has 0 atom stereocenters. The van der Waals surface area contributed by atoms with Crippen molar-refractivity contribution in [3.8, 4) is 11.1 Å². The fourth-order valence-corrected chi connectivity index (χ4v) is 1.54. The van der Waals surface area contributed by atoms with E-state index >= 15 is 0 Å². The summed E-state index contributed by atoms with van der Waals surface area (Å²) in [5, 5.41) is 0.